The van der Waals surface area contributed by atoms with Crippen LogP contribution in [0.1, 0.15) is 17.3 Å². The van der Waals surface area contributed by atoms with Crippen molar-refractivity contribution in [3.05, 3.63) is 84.7 Å². The second-order valence-electron chi connectivity index (χ2n) is 5.36. The summed E-state index contributed by atoms with van der Waals surface area (Å²) in [4.78, 5) is 27.7. The van der Waals surface area contributed by atoms with Crippen LogP contribution in [-0.4, -0.2) is 54.7 Å². The van der Waals surface area contributed by atoms with Crippen LogP contribution in [0, 0.1) is 0 Å². The molecule has 8 heteroatoms. The third-order valence-electron chi connectivity index (χ3n) is 3.35. The number of carbonyl (C=O) groups is 2. The Bertz CT molecular complexity index is 1000. The van der Waals surface area contributed by atoms with Gasteiger partial charge in [-0.3, -0.25) is 9.97 Å². The van der Waals surface area contributed by atoms with E-state index in [1.807, 2.05) is 12.1 Å². The topological polar surface area (TPSA) is 138 Å². The van der Waals surface area contributed by atoms with Crippen LogP contribution in [0.25, 0.3) is 21.8 Å². The van der Waals surface area contributed by atoms with Gasteiger partial charge in [0.2, 0.25) is 0 Å². The smallest absolute Gasteiger partial charge is 0.550 e. The number of pyridine rings is 2. The van der Waals surface area contributed by atoms with E-state index in [0.29, 0.717) is 0 Å². The first-order chi connectivity index (χ1) is 13.0. The first-order valence-electron chi connectivity index (χ1n) is 8.01. The second kappa shape index (κ2) is 13.3. The van der Waals surface area contributed by atoms with E-state index in [0.717, 1.165) is 28.7 Å². The molecule has 0 atom stereocenters. The van der Waals surface area contributed by atoms with Crippen molar-refractivity contribution >= 4 is 61.0 Å². The molecule has 0 saturated carbocycles. The predicted octanol–water partition coefficient (Wildman–Crippen LogP) is 0.384. The number of aliphatic carboxylic acids is 1. The van der Waals surface area contributed by atoms with Crippen LogP contribution in [0.5, 0.6) is 0 Å². The normalized spacial score (nSPS) is 8.86. The zero-order chi connectivity index (χ0) is 19.6. The number of rotatable bonds is 1. The minimum absolute atomic E-state index is 0. The van der Waals surface area contributed by atoms with E-state index in [-0.39, 0.29) is 38.3 Å². The molecule has 7 nitrogen and oxygen atoms in total. The molecule has 146 valence electrons. The molecule has 29 heavy (non-hydrogen) atoms. The minimum Gasteiger partial charge on any atom is -0.550 e. The fraction of sp³-hybridized carbons (Fsp3) is 0.0476. The van der Waals surface area contributed by atoms with Crippen LogP contribution in [0.2, 0.25) is 0 Å². The largest absolute Gasteiger partial charge is 2.00 e. The zero-order valence-corrected chi connectivity index (χ0v) is 19.4. The van der Waals surface area contributed by atoms with Crippen LogP contribution >= 0.6 is 0 Å². The Morgan fingerprint density at radius 3 is 1.48 bits per heavy atom. The van der Waals surface area contributed by atoms with Gasteiger partial charge in [-0.2, -0.15) is 0 Å². The summed E-state index contributed by atoms with van der Waals surface area (Å²) >= 11 is 0. The number of fused-ring (bicyclic) bond motifs is 3. The average molecular weight is 586 g/mol. The standard InChI is InChI=1S/C12H8N2.C7H6O2.C2H4O2.H2O.Pb/c1-3-9-5-6-10-4-2-8-14-12(10)11(9)13-7-1;8-7(9)6-4-2-1-3-5-6;1-2(3)4;;/h1-8H;1-5H,(H,8,9);1H3,(H,3,4);1H2;/q;;;;+2/p-2. The van der Waals surface area contributed by atoms with Crippen LogP contribution in [0.15, 0.2) is 79.1 Å². The Morgan fingerprint density at radius 1 is 0.724 bits per heavy atom. The molecule has 2 aromatic heterocycles. The van der Waals surface area contributed by atoms with Gasteiger partial charge >= 0.3 is 27.3 Å². The summed E-state index contributed by atoms with van der Waals surface area (Å²) in [7, 11) is 0. The number of hydrogen-bond acceptors (Lipinski definition) is 6. The molecular formula is C21H18N2O5Pb. The molecule has 2 N–H and O–H groups in total. The SMILES string of the molecule is CC(=O)[O-].O.O=C([O-])c1ccccc1.[Pb+2].c1cnc2c(c1)ccc1cccnc12. The third kappa shape index (κ3) is 8.32. The van der Waals surface area contributed by atoms with Crippen molar-refractivity contribution in [3.63, 3.8) is 0 Å². The molecule has 0 aliphatic carbocycles. The van der Waals surface area contributed by atoms with Crippen LogP contribution in [0.3, 0.4) is 0 Å². The van der Waals surface area contributed by atoms with E-state index in [1.165, 1.54) is 12.1 Å². The summed E-state index contributed by atoms with van der Waals surface area (Å²) in [6, 6.07) is 20.2. The van der Waals surface area contributed by atoms with Crippen molar-refractivity contribution in [2.45, 2.75) is 6.92 Å². The van der Waals surface area contributed by atoms with E-state index >= 15 is 0 Å². The Hall–Kier alpha value is -2.92. The Balaban J connectivity index is 0.000000458. The van der Waals surface area contributed by atoms with Gasteiger partial charge in [0, 0.05) is 29.1 Å². The van der Waals surface area contributed by atoms with Gasteiger partial charge in [-0.15, -0.1) is 0 Å². The number of carboxylic acid groups (broad SMARTS) is 2. The number of carboxylic acids is 2. The van der Waals surface area contributed by atoms with E-state index < -0.39 is 11.9 Å². The quantitative estimate of drug-likeness (QED) is 0.234. The first-order valence-corrected chi connectivity index (χ1v) is 8.01. The molecule has 4 rings (SSSR count). The monoisotopic (exact) mass is 586 g/mol. The number of benzene rings is 2. The summed E-state index contributed by atoms with van der Waals surface area (Å²) in [5.41, 5.74) is 2.17. The number of aromatic nitrogens is 2. The Morgan fingerprint density at radius 2 is 1.14 bits per heavy atom. The Kier molecular flexibility index (Phi) is 12.0. The summed E-state index contributed by atoms with van der Waals surface area (Å²) in [6.07, 6.45) is 3.60. The average Bonchev–Trinajstić information content (AvgIpc) is 2.69. The molecule has 2 heterocycles. The molecule has 0 saturated heterocycles. The van der Waals surface area contributed by atoms with Gasteiger partial charge in [-0.05, 0) is 24.6 Å². The maximum Gasteiger partial charge on any atom is 2.00 e. The molecular weight excluding hydrogens is 567 g/mol. The van der Waals surface area contributed by atoms with Crippen molar-refractivity contribution in [1.82, 2.24) is 9.97 Å². The van der Waals surface area contributed by atoms with Crippen LogP contribution < -0.4 is 10.2 Å². The summed E-state index contributed by atoms with van der Waals surface area (Å²) in [6.45, 7) is 0.972. The molecule has 0 bridgehead atoms. The molecule has 2 aromatic carbocycles. The van der Waals surface area contributed by atoms with Gasteiger partial charge in [-0.25, -0.2) is 0 Å². The maximum absolute atomic E-state index is 10.1. The van der Waals surface area contributed by atoms with Crippen LogP contribution in [0.4, 0.5) is 0 Å². The first kappa shape index (κ1) is 26.1. The summed E-state index contributed by atoms with van der Waals surface area (Å²) in [5, 5.41) is 21.3. The molecule has 0 spiro atoms. The number of aromatic carboxylic acids is 1. The van der Waals surface area contributed by atoms with Gasteiger partial charge in [0.05, 0.1) is 17.0 Å². The molecule has 0 fully saturated rings. The van der Waals surface area contributed by atoms with E-state index in [1.54, 1.807) is 30.6 Å². The number of carbonyl (C=O) groups excluding carboxylic acids is 2. The molecule has 0 aliphatic heterocycles. The molecule has 4 aromatic rings. The van der Waals surface area contributed by atoms with Gasteiger partial charge in [0.1, 0.15) is 0 Å². The van der Waals surface area contributed by atoms with E-state index in [9.17, 15) is 9.90 Å². The fourth-order valence-corrected chi connectivity index (χ4v) is 2.25. The van der Waals surface area contributed by atoms with Crippen molar-refractivity contribution in [2.24, 2.45) is 0 Å². The number of nitrogens with zero attached hydrogens (tertiary/aromatic N) is 2. The van der Waals surface area contributed by atoms with Crippen molar-refractivity contribution in [1.29, 1.82) is 0 Å². The molecule has 2 radical (unpaired) electrons. The maximum atomic E-state index is 10.1. The molecule has 0 aliphatic rings. The Labute approximate surface area is 187 Å². The minimum atomic E-state index is -1.13. The molecule has 0 unspecified atom stereocenters. The van der Waals surface area contributed by atoms with Gasteiger partial charge in [-0.1, -0.05) is 54.6 Å². The van der Waals surface area contributed by atoms with Gasteiger partial charge in [0.15, 0.2) is 0 Å². The summed E-state index contributed by atoms with van der Waals surface area (Å²) in [5.74, 6) is -2.21. The van der Waals surface area contributed by atoms with E-state index in [2.05, 4.69) is 34.2 Å². The predicted molar refractivity (Wildman–Crippen MR) is 108 cm³/mol. The van der Waals surface area contributed by atoms with E-state index in [4.69, 9.17) is 9.90 Å². The van der Waals surface area contributed by atoms with Crippen molar-refractivity contribution in [3.8, 4) is 0 Å². The molecule has 0 amide bonds. The third-order valence-corrected chi connectivity index (χ3v) is 3.35. The van der Waals surface area contributed by atoms with Gasteiger partial charge in [0.25, 0.3) is 0 Å². The van der Waals surface area contributed by atoms with Crippen molar-refractivity contribution < 1.29 is 25.3 Å². The van der Waals surface area contributed by atoms with Crippen molar-refractivity contribution in [2.75, 3.05) is 0 Å². The summed E-state index contributed by atoms with van der Waals surface area (Å²) < 4.78 is 0. The van der Waals surface area contributed by atoms with Gasteiger partial charge < -0.3 is 25.3 Å². The fourth-order valence-electron chi connectivity index (χ4n) is 2.25. The zero-order valence-electron chi connectivity index (χ0n) is 15.5. The second-order valence-corrected chi connectivity index (χ2v) is 5.36. The number of hydrogen-bond donors (Lipinski definition) is 0. The van der Waals surface area contributed by atoms with Crippen LogP contribution in [-0.2, 0) is 4.79 Å².